The number of aliphatic hydroxyl groups is 2. The molecule has 0 aromatic heterocycles. The van der Waals surface area contributed by atoms with E-state index < -0.39 is 36.7 Å². The Balaban J connectivity index is 0.000000287. The van der Waals surface area contributed by atoms with Crippen molar-refractivity contribution in [2.75, 3.05) is 19.6 Å². The van der Waals surface area contributed by atoms with Gasteiger partial charge < -0.3 is 45.5 Å². The Labute approximate surface area is 266 Å². The molecule has 16 heteroatoms. The van der Waals surface area contributed by atoms with Crippen molar-refractivity contribution in [3.05, 3.63) is 39.9 Å². The maximum absolute atomic E-state index is 12.0. The fourth-order valence-corrected chi connectivity index (χ4v) is 4.83. The molecule has 7 N–H and O–H groups in total. The van der Waals surface area contributed by atoms with Crippen LogP contribution in [0.4, 0.5) is 10.5 Å². The number of non-ortho nitro benzene ring substituents is 1. The normalized spacial score (nSPS) is 24.8. The molecular formula is C29H50B2N4O10. The average Bonchev–Trinajstić information content (AvgIpc) is 2.88. The minimum absolute atomic E-state index is 0.0755. The molecular weight excluding hydrogens is 586 g/mol. The van der Waals surface area contributed by atoms with Gasteiger partial charge in [0.15, 0.2) is 0 Å². The molecule has 252 valence electrons. The highest BCUT2D eigenvalue weighted by molar-refractivity contribution is 6.45. The lowest BCUT2D eigenvalue weighted by Gasteiger charge is -2.34. The van der Waals surface area contributed by atoms with Gasteiger partial charge in [-0.05, 0) is 116 Å². The van der Waals surface area contributed by atoms with Crippen LogP contribution in [0.15, 0.2) is 24.3 Å². The molecule has 1 aromatic rings. The maximum Gasteiger partial charge on any atom is 0.407 e. The number of nitrogens with one attached hydrogen (secondary N) is 3. The topological polar surface area (TPSA) is 213 Å². The van der Waals surface area contributed by atoms with E-state index in [1.165, 1.54) is 24.3 Å². The van der Waals surface area contributed by atoms with Gasteiger partial charge in [0.2, 0.25) is 0 Å². The molecule has 1 aromatic carbocycles. The molecule has 0 saturated heterocycles. The highest BCUT2D eigenvalue weighted by atomic mass is 16.6. The molecule has 0 unspecified atom stereocenters. The summed E-state index contributed by atoms with van der Waals surface area (Å²) >= 11 is 0. The molecule has 0 spiro atoms. The van der Waals surface area contributed by atoms with Crippen LogP contribution in [0.2, 0.25) is 13.6 Å². The first-order valence-corrected chi connectivity index (χ1v) is 15.6. The molecule has 4 rings (SSSR count). The van der Waals surface area contributed by atoms with Gasteiger partial charge in [-0.2, -0.15) is 0 Å². The number of nitro benzene ring substituents is 1. The summed E-state index contributed by atoms with van der Waals surface area (Å²) in [4.78, 5) is 33.6. The van der Waals surface area contributed by atoms with Crippen LogP contribution in [0.25, 0.3) is 0 Å². The summed E-state index contributed by atoms with van der Waals surface area (Å²) in [5.74, 6) is 0.884. The van der Waals surface area contributed by atoms with Crippen LogP contribution in [0, 0.1) is 27.9 Å². The summed E-state index contributed by atoms with van der Waals surface area (Å²) in [5, 5.41) is 54.5. The SMILES string of the molecule is CB(O)NCC1CC(O)C1.CB(O)NCC1CC(O)C1.CC(C)(C)OC(=O)NCC1CC(OC(=O)c2ccc([N+](=O)[O-])cc2)C1. The predicted molar refractivity (Wildman–Crippen MR) is 170 cm³/mol. The van der Waals surface area contributed by atoms with E-state index in [0.29, 0.717) is 31.2 Å². The Bertz CT molecular complexity index is 1030. The minimum atomic E-state index is -0.535. The van der Waals surface area contributed by atoms with Crippen LogP contribution in [0.1, 0.15) is 69.7 Å². The van der Waals surface area contributed by atoms with E-state index in [0.717, 1.165) is 38.8 Å². The third kappa shape index (κ3) is 15.9. The quantitative estimate of drug-likeness (QED) is 0.0804. The van der Waals surface area contributed by atoms with E-state index in [1.54, 1.807) is 34.4 Å². The number of aliphatic hydroxyl groups excluding tert-OH is 2. The number of esters is 1. The van der Waals surface area contributed by atoms with Crippen LogP contribution in [0.5, 0.6) is 0 Å². The van der Waals surface area contributed by atoms with E-state index in [4.69, 9.17) is 29.7 Å². The van der Waals surface area contributed by atoms with Gasteiger partial charge in [-0.1, -0.05) is 0 Å². The number of hydrogen-bond donors (Lipinski definition) is 7. The number of carbonyl (C=O) groups excluding carboxylic acids is 2. The summed E-state index contributed by atoms with van der Waals surface area (Å²) in [6.45, 7) is 10.9. The third-order valence-corrected chi connectivity index (χ3v) is 7.54. The second-order valence-electron chi connectivity index (χ2n) is 13.2. The first kappa shape index (κ1) is 38.4. The molecule has 0 aliphatic heterocycles. The first-order chi connectivity index (χ1) is 21.0. The molecule has 3 saturated carbocycles. The van der Waals surface area contributed by atoms with Crippen LogP contribution in [-0.2, 0) is 9.47 Å². The number of carbonyl (C=O) groups is 2. The lowest BCUT2D eigenvalue weighted by molar-refractivity contribution is -0.384. The molecule has 45 heavy (non-hydrogen) atoms. The summed E-state index contributed by atoms with van der Waals surface area (Å²) in [6.07, 6.45) is 4.05. The van der Waals surface area contributed by atoms with Crippen molar-refractivity contribution in [2.45, 2.75) is 96.9 Å². The lowest BCUT2D eigenvalue weighted by Crippen LogP contribution is -2.42. The Morgan fingerprint density at radius 2 is 1.31 bits per heavy atom. The number of hydrogen-bond acceptors (Lipinski definition) is 12. The van der Waals surface area contributed by atoms with Gasteiger partial charge in [-0.15, -0.1) is 0 Å². The van der Waals surface area contributed by atoms with Gasteiger partial charge in [-0.3, -0.25) is 10.1 Å². The number of rotatable bonds is 11. The van der Waals surface area contributed by atoms with Gasteiger partial charge in [0.05, 0.1) is 22.7 Å². The molecule has 1 amide bonds. The summed E-state index contributed by atoms with van der Waals surface area (Å²) in [6, 6.07) is 5.29. The Hall–Kier alpha value is -2.75. The number of nitro groups is 1. The molecule has 3 fully saturated rings. The average molecular weight is 636 g/mol. The number of benzene rings is 1. The van der Waals surface area contributed by atoms with Gasteiger partial charge in [0.25, 0.3) is 5.69 Å². The third-order valence-electron chi connectivity index (χ3n) is 7.54. The zero-order valence-corrected chi connectivity index (χ0v) is 27.0. The first-order valence-electron chi connectivity index (χ1n) is 15.6. The van der Waals surface area contributed by atoms with Gasteiger partial charge >= 0.3 is 26.2 Å². The van der Waals surface area contributed by atoms with Gasteiger partial charge in [0, 0.05) is 18.7 Å². The zero-order chi connectivity index (χ0) is 33.7. The van der Waals surface area contributed by atoms with Crippen molar-refractivity contribution in [1.29, 1.82) is 0 Å². The monoisotopic (exact) mass is 636 g/mol. The van der Waals surface area contributed by atoms with Crippen LogP contribution in [0.3, 0.4) is 0 Å². The van der Waals surface area contributed by atoms with E-state index in [-0.39, 0.29) is 35.5 Å². The molecule has 3 aliphatic rings. The fraction of sp³-hybridized carbons (Fsp3) is 0.724. The standard InChI is InChI=1S/C17H22N2O6.2C6H14BNO2/c1-17(2,3)25-16(21)18-10-11-8-14(9-11)24-15(20)12-4-6-13(7-5-12)19(22)23;2*1-7(10)8-4-5-2-6(9)3-5/h4-7,11,14H,8-10H2,1-3H3,(H,18,21);2*5-6,8-10H,2-4H2,1H3. The number of nitrogens with zero attached hydrogens (tertiary/aromatic N) is 1. The van der Waals surface area contributed by atoms with E-state index in [1.807, 2.05) is 0 Å². The Morgan fingerprint density at radius 3 is 1.69 bits per heavy atom. The van der Waals surface area contributed by atoms with Crippen LogP contribution < -0.4 is 15.8 Å². The number of amides is 1. The molecule has 0 bridgehead atoms. The van der Waals surface area contributed by atoms with Crippen LogP contribution >= 0.6 is 0 Å². The summed E-state index contributed by atoms with van der Waals surface area (Å²) in [7, 11) is -0.838. The minimum Gasteiger partial charge on any atom is -0.459 e. The second-order valence-corrected chi connectivity index (χ2v) is 13.2. The highest BCUT2D eigenvalue weighted by Crippen LogP contribution is 2.30. The zero-order valence-electron chi connectivity index (χ0n) is 27.0. The van der Waals surface area contributed by atoms with Crippen molar-refractivity contribution in [1.82, 2.24) is 15.8 Å². The van der Waals surface area contributed by atoms with E-state index in [9.17, 15) is 19.7 Å². The van der Waals surface area contributed by atoms with Crippen LogP contribution in [-0.4, -0.2) is 94.9 Å². The van der Waals surface area contributed by atoms with E-state index in [2.05, 4.69) is 15.8 Å². The van der Waals surface area contributed by atoms with E-state index >= 15 is 0 Å². The molecule has 3 aliphatic carbocycles. The van der Waals surface area contributed by atoms with Gasteiger partial charge in [0.1, 0.15) is 11.7 Å². The molecule has 0 atom stereocenters. The Kier molecular flexibility index (Phi) is 15.7. The molecule has 14 nitrogen and oxygen atoms in total. The lowest BCUT2D eigenvalue weighted by atomic mass is 9.80. The van der Waals surface area contributed by atoms with Crippen molar-refractivity contribution < 1.29 is 44.2 Å². The van der Waals surface area contributed by atoms with Crippen molar-refractivity contribution in [2.24, 2.45) is 17.8 Å². The van der Waals surface area contributed by atoms with Crippen molar-refractivity contribution in [3.63, 3.8) is 0 Å². The second kappa shape index (κ2) is 18.4. The molecule has 0 heterocycles. The van der Waals surface area contributed by atoms with Crippen molar-refractivity contribution >= 4 is 31.9 Å². The largest absolute Gasteiger partial charge is 0.459 e. The van der Waals surface area contributed by atoms with Gasteiger partial charge in [-0.25, -0.2) is 9.59 Å². The molecule has 0 radical (unpaired) electrons. The number of alkyl carbamates (subject to hydrolysis) is 1. The predicted octanol–water partition coefficient (Wildman–Crippen LogP) is 1.97. The fourth-order valence-electron chi connectivity index (χ4n) is 4.83. The highest BCUT2D eigenvalue weighted by Gasteiger charge is 2.33. The number of ether oxygens (including phenoxy) is 2. The Morgan fingerprint density at radius 1 is 0.867 bits per heavy atom. The maximum atomic E-state index is 12.0. The van der Waals surface area contributed by atoms with Crippen molar-refractivity contribution in [3.8, 4) is 0 Å². The smallest absolute Gasteiger partial charge is 0.407 e. The summed E-state index contributed by atoms with van der Waals surface area (Å²) < 4.78 is 10.5. The summed E-state index contributed by atoms with van der Waals surface area (Å²) in [5.41, 5.74) is -0.332.